The van der Waals surface area contributed by atoms with Gasteiger partial charge in [0.05, 0.1) is 11.8 Å². The fourth-order valence-electron chi connectivity index (χ4n) is 3.54. The highest BCUT2D eigenvalue weighted by molar-refractivity contribution is 6.00. The molecule has 0 saturated heterocycles. The van der Waals surface area contributed by atoms with Crippen molar-refractivity contribution in [2.45, 2.75) is 19.4 Å². The number of oxazole rings is 1. The second-order valence-electron chi connectivity index (χ2n) is 7.64. The Labute approximate surface area is 178 Å². The largest absolute Gasteiger partial charge is 0.470 e. The van der Waals surface area contributed by atoms with Crippen molar-refractivity contribution in [3.05, 3.63) is 36.4 Å². The lowest BCUT2D eigenvalue weighted by atomic mass is 10.1. The average Bonchev–Trinajstić information content (AvgIpc) is 3.49. The number of nitrogens with zero attached hydrogens (tertiary/aromatic N) is 8. The summed E-state index contributed by atoms with van der Waals surface area (Å²) in [7, 11) is 4.09. The molecular weight excluding hydrogens is 396 g/mol. The highest BCUT2D eigenvalue weighted by atomic mass is 16.5. The topological polar surface area (TPSA) is 106 Å². The number of aliphatic imine (C=N–C) groups is 2. The van der Waals surface area contributed by atoms with Crippen molar-refractivity contribution >= 4 is 28.5 Å². The standard InChI is InChI=1S/C21H22N8O2/c1-13-24-18(11-30-13)20-26-25-19-14-6-4-5-7-15(14)21(27-29(19)20)31-10-17-16(22-12-23-17)8-9-28(2)3/h4-7,11-12,16H,8-10H2,1-3H3. The van der Waals surface area contributed by atoms with Crippen molar-refractivity contribution in [3.63, 3.8) is 0 Å². The van der Waals surface area contributed by atoms with Gasteiger partial charge in [-0.25, -0.2) is 9.98 Å². The van der Waals surface area contributed by atoms with Crippen molar-refractivity contribution < 1.29 is 9.15 Å². The molecule has 0 saturated carbocycles. The maximum absolute atomic E-state index is 6.16. The van der Waals surface area contributed by atoms with E-state index in [9.17, 15) is 0 Å². The molecule has 1 aromatic carbocycles. The van der Waals surface area contributed by atoms with E-state index in [1.165, 1.54) is 0 Å². The van der Waals surface area contributed by atoms with Crippen LogP contribution < -0.4 is 4.74 Å². The predicted molar refractivity (Wildman–Crippen MR) is 117 cm³/mol. The fourth-order valence-corrected chi connectivity index (χ4v) is 3.54. The summed E-state index contributed by atoms with van der Waals surface area (Å²) in [6, 6.07) is 7.86. The number of hydrogen-bond donors (Lipinski definition) is 0. The van der Waals surface area contributed by atoms with Crippen molar-refractivity contribution in [2.75, 3.05) is 27.2 Å². The molecule has 4 aromatic rings. The summed E-state index contributed by atoms with van der Waals surface area (Å²) in [6.07, 6.45) is 4.04. The normalized spacial score (nSPS) is 16.0. The summed E-state index contributed by atoms with van der Waals surface area (Å²) in [5, 5.41) is 15.1. The highest BCUT2D eigenvalue weighted by Gasteiger charge is 2.21. The first kappa shape index (κ1) is 19.3. The van der Waals surface area contributed by atoms with E-state index in [2.05, 4.69) is 30.1 Å². The number of fused-ring (bicyclic) bond motifs is 3. The van der Waals surface area contributed by atoms with Gasteiger partial charge in [0, 0.05) is 17.7 Å². The van der Waals surface area contributed by atoms with Gasteiger partial charge < -0.3 is 14.1 Å². The third-order valence-corrected chi connectivity index (χ3v) is 5.14. The molecule has 0 radical (unpaired) electrons. The van der Waals surface area contributed by atoms with E-state index < -0.39 is 0 Å². The Kier molecular flexibility index (Phi) is 4.91. The summed E-state index contributed by atoms with van der Waals surface area (Å²) >= 11 is 0. The number of benzene rings is 1. The van der Waals surface area contributed by atoms with Gasteiger partial charge in [0.15, 0.2) is 11.5 Å². The van der Waals surface area contributed by atoms with Gasteiger partial charge in [-0.2, -0.15) is 4.52 Å². The van der Waals surface area contributed by atoms with Crippen molar-refractivity contribution in [1.29, 1.82) is 0 Å². The van der Waals surface area contributed by atoms with Gasteiger partial charge in [-0.15, -0.1) is 15.3 Å². The van der Waals surface area contributed by atoms with Gasteiger partial charge in [0.1, 0.15) is 24.9 Å². The predicted octanol–water partition coefficient (Wildman–Crippen LogP) is 2.42. The van der Waals surface area contributed by atoms with Gasteiger partial charge in [-0.3, -0.25) is 4.99 Å². The fraction of sp³-hybridized carbons (Fsp3) is 0.333. The minimum absolute atomic E-state index is 0.0287. The van der Waals surface area contributed by atoms with E-state index in [-0.39, 0.29) is 6.04 Å². The van der Waals surface area contributed by atoms with Gasteiger partial charge in [0.25, 0.3) is 0 Å². The van der Waals surface area contributed by atoms with Gasteiger partial charge >= 0.3 is 0 Å². The van der Waals surface area contributed by atoms with E-state index in [1.54, 1.807) is 24.0 Å². The van der Waals surface area contributed by atoms with Gasteiger partial charge in [0.2, 0.25) is 11.7 Å². The highest BCUT2D eigenvalue weighted by Crippen LogP contribution is 2.28. The summed E-state index contributed by atoms with van der Waals surface area (Å²) in [6.45, 7) is 3.01. The molecule has 1 aliphatic heterocycles. The van der Waals surface area contributed by atoms with Gasteiger partial charge in [-0.1, -0.05) is 18.2 Å². The van der Waals surface area contributed by atoms with Crippen LogP contribution in [0.5, 0.6) is 5.88 Å². The number of ether oxygens (including phenoxy) is 1. The molecule has 31 heavy (non-hydrogen) atoms. The van der Waals surface area contributed by atoms with E-state index in [1.807, 2.05) is 38.4 Å². The summed E-state index contributed by atoms with van der Waals surface area (Å²) in [5.74, 6) is 1.52. The molecule has 0 spiro atoms. The molecule has 0 aliphatic carbocycles. The molecule has 0 fully saturated rings. The lowest BCUT2D eigenvalue weighted by Gasteiger charge is -2.15. The van der Waals surface area contributed by atoms with Crippen LogP contribution in [0.1, 0.15) is 12.3 Å². The number of aromatic nitrogens is 5. The van der Waals surface area contributed by atoms with Crippen molar-refractivity contribution in [2.24, 2.45) is 9.98 Å². The Bertz CT molecular complexity index is 1300. The minimum Gasteiger partial charge on any atom is -0.470 e. The zero-order chi connectivity index (χ0) is 21.4. The van der Waals surface area contributed by atoms with Crippen LogP contribution >= 0.6 is 0 Å². The first-order valence-electron chi connectivity index (χ1n) is 10.0. The monoisotopic (exact) mass is 418 g/mol. The third kappa shape index (κ3) is 3.66. The van der Waals surface area contributed by atoms with E-state index >= 15 is 0 Å². The van der Waals surface area contributed by atoms with Gasteiger partial charge in [-0.05, 0) is 33.1 Å². The van der Waals surface area contributed by atoms with Crippen molar-refractivity contribution in [1.82, 2.24) is 29.7 Å². The smallest absolute Gasteiger partial charge is 0.240 e. The molecule has 5 rings (SSSR count). The lowest BCUT2D eigenvalue weighted by molar-refractivity contribution is 0.352. The third-order valence-electron chi connectivity index (χ3n) is 5.14. The number of hydrogen-bond acceptors (Lipinski definition) is 9. The van der Waals surface area contributed by atoms with E-state index in [0.717, 1.165) is 29.4 Å². The molecule has 4 heterocycles. The van der Waals surface area contributed by atoms with Crippen LogP contribution in [0.4, 0.5) is 0 Å². The van der Waals surface area contributed by atoms with Crippen LogP contribution in [0, 0.1) is 6.92 Å². The van der Waals surface area contributed by atoms with Crippen molar-refractivity contribution in [3.8, 4) is 17.4 Å². The first-order valence-corrected chi connectivity index (χ1v) is 10.0. The Morgan fingerprint density at radius 3 is 2.77 bits per heavy atom. The number of rotatable bonds is 7. The molecule has 10 nitrogen and oxygen atoms in total. The second kappa shape index (κ2) is 7.88. The molecule has 1 aliphatic rings. The van der Waals surface area contributed by atoms with Crippen LogP contribution in [0.3, 0.4) is 0 Å². The quantitative estimate of drug-likeness (QED) is 0.454. The zero-order valence-electron chi connectivity index (χ0n) is 17.6. The summed E-state index contributed by atoms with van der Waals surface area (Å²) in [5.41, 5.74) is 2.09. The molecule has 0 N–H and O–H groups in total. The number of aryl methyl sites for hydroxylation is 1. The van der Waals surface area contributed by atoms with Crippen LogP contribution in [0.15, 0.2) is 44.9 Å². The Morgan fingerprint density at radius 2 is 2.00 bits per heavy atom. The molecular formula is C21H22N8O2. The van der Waals surface area contributed by atoms with E-state index in [4.69, 9.17) is 14.3 Å². The molecule has 1 atom stereocenters. The van der Waals surface area contributed by atoms with Crippen LogP contribution in [0.2, 0.25) is 0 Å². The Hall–Kier alpha value is -3.66. The maximum Gasteiger partial charge on any atom is 0.240 e. The maximum atomic E-state index is 6.16. The molecule has 3 aromatic heterocycles. The molecule has 158 valence electrons. The molecule has 10 heteroatoms. The average molecular weight is 418 g/mol. The van der Waals surface area contributed by atoms with Crippen LogP contribution in [-0.2, 0) is 0 Å². The van der Waals surface area contributed by atoms with Crippen LogP contribution in [0.25, 0.3) is 27.9 Å². The second-order valence-corrected chi connectivity index (χ2v) is 7.64. The Morgan fingerprint density at radius 1 is 1.16 bits per heavy atom. The summed E-state index contributed by atoms with van der Waals surface area (Å²) < 4.78 is 13.1. The van der Waals surface area contributed by atoms with E-state index in [0.29, 0.717) is 35.5 Å². The molecule has 0 bridgehead atoms. The minimum atomic E-state index is 0.0287. The molecule has 0 amide bonds. The summed E-state index contributed by atoms with van der Waals surface area (Å²) in [4.78, 5) is 15.4. The molecule has 1 unspecified atom stereocenters. The first-order chi connectivity index (χ1) is 15.1. The zero-order valence-corrected chi connectivity index (χ0v) is 17.6. The van der Waals surface area contributed by atoms with Crippen LogP contribution in [-0.4, -0.2) is 75.0 Å². The SMILES string of the molecule is Cc1nc(-c2nnc3c4ccccc4c(OCC4=NC=NC4CCN(C)C)nn23)co1. The lowest BCUT2D eigenvalue weighted by Crippen LogP contribution is -2.27. The Balaban J connectivity index is 1.49.